The van der Waals surface area contributed by atoms with Gasteiger partial charge in [-0.15, -0.1) is 0 Å². The predicted molar refractivity (Wildman–Crippen MR) is 112 cm³/mol. The minimum Gasteiger partial charge on any atom is -0.372 e. The van der Waals surface area contributed by atoms with E-state index in [1.165, 1.54) is 6.92 Å². The van der Waals surface area contributed by atoms with Crippen LogP contribution in [0.15, 0.2) is 48.5 Å². The van der Waals surface area contributed by atoms with Gasteiger partial charge < -0.3 is 15.4 Å². The van der Waals surface area contributed by atoms with E-state index < -0.39 is 35.1 Å². The molecule has 0 bridgehead atoms. The highest BCUT2D eigenvalue weighted by atomic mass is 19.4. The maximum absolute atomic E-state index is 13.3. The van der Waals surface area contributed by atoms with Crippen molar-refractivity contribution in [2.24, 2.45) is 0 Å². The first kappa shape index (κ1) is 24.5. The SMILES string of the molecule is CC(OCC1(c2ccccc2)CCC2NC(=O)CC2N1)c1cc(C(F)(F)F)cc(C(F)(F)F)c1. The van der Waals surface area contributed by atoms with Crippen LogP contribution in [0.2, 0.25) is 0 Å². The Hall–Kier alpha value is -2.59. The van der Waals surface area contributed by atoms with Gasteiger partial charge in [0.2, 0.25) is 5.91 Å². The summed E-state index contributed by atoms with van der Waals surface area (Å²) in [6.45, 7) is 1.44. The molecule has 4 atom stereocenters. The minimum atomic E-state index is -4.93. The van der Waals surface area contributed by atoms with Crippen molar-refractivity contribution in [1.29, 1.82) is 0 Å². The molecular formula is C24H24F6N2O2. The van der Waals surface area contributed by atoms with Crippen molar-refractivity contribution >= 4 is 5.91 Å². The lowest BCUT2D eigenvalue weighted by Crippen LogP contribution is -2.59. The number of hydrogen-bond acceptors (Lipinski definition) is 3. The Morgan fingerprint density at radius 2 is 1.62 bits per heavy atom. The quantitative estimate of drug-likeness (QED) is 0.562. The normalized spacial score (nSPS) is 26.1. The summed E-state index contributed by atoms with van der Waals surface area (Å²) in [5, 5.41) is 6.41. The molecule has 2 fully saturated rings. The molecule has 0 saturated carbocycles. The molecule has 4 rings (SSSR count). The molecule has 2 saturated heterocycles. The standard InChI is InChI=1S/C24H24F6N2O2/c1-14(15-9-17(23(25,26)27)11-18(10-15)24(28,29)30)34-13-22(16-5-3-2-4-6-16)8-7-19-20(32-22)12-21(33)31-19/h2-6,9-11,14,19-20,32H,7-8,12-13H2,1H3,(H,31,33). The maximum atomic E-state index is 13.3. The van der Waals surface area contributed by atoms with Gasteiger partial charge in [0, 0.05) is 18.5 Å². The number of amides is 1. The monoisotopic (exact) mass is 486 g/mol. The average molecular weight is 486 g/mol. The van der Waals surface area contributed by atoms with E-state index in [1.807, 2.05) is 30.3 Å². The Morgan fingerprint density at radius 3 is 2.21 bits per heavy atom. The van der Waals surface area contributed by atoms with Crippen LogP contribution in [-0.4, -0.2) is 24.6 Å². The molecule has 184 valence electrons. The fourth-order valence-electron chi connectivity index (χ4n) is 4.72. The Morgan fingerprint density at radius 1 is 1.00 bits per heavy atom. The zero-order valence-corrected chi connectivity index (χ0v) is 18.3. The number of carbonyl (C=O) groups is 1. The molecule has 2 aliphatic heterocycles. The van der Waals surface area contributed by atoms with E-state index in [-0.39, 0.29) is 42.6 Å². The number of carbonyl (C=O) groups excluding carboxylic acids is 1. The lowest BCUT2D eigenvalue weighted by molar-refractivity contribution is -0.143. The van der Waals surface area contributed by atoms with Crippen molar-refractivity contribution < 1.29 is 35.9 Å². The van der Waals surface area contributed by atoms with Gasteiger partial charge in [-0.1, -0.05) is 30.3 Å². The van der Waals surface area contributed by atoms with Gasteiger partial charge in [0.15, 0.2) is 0 Å². The molecular weight excluding hydrogens is 462 g/mol. The predicted octanol–water partition coefficient (Wildman–Crippen LogP) is 5.34. The van der Waals surface area contributed by atoms with E-state index in [2.05, 4.69) is 10.6 Å². The summed E-state index contributed by atoms with van der Waals surface area (Å²) < 4.78 is 85.5. The zero-order valence-electron chi connectivity index (χ0n) is 18.3. The van der Waals surface area contributed by atoms with Crippen LogP contribution in [0.1, 0.15) is 54.5 Å². The summed E-state index contributed by atoms with van der Waals surface area (Å²) >= 11 is 0. The van der Waals surface area contributed by atoms with Crippen molar-refractivity contribution in [2.75, 3.05) is 6.61 Å². The Balaban J connectivity index is 1.61. The smallest absolute Gasteiger partial charge is 0.372 e. The van der Waals surface area contributed by atoms with Gasteiger partial charge in [-0.25, -0.2) is 0 Å². The number of piperidine rings is 1. The zero-order chi connectivity index (χ0) is 24.7. The Kier molecular flexibility index (Phi) is 6.41. The molecule has 2 N–H and O–H groups in total. The molecule has 2 aliphatic rings. The second kappa shape index (κ2) is 8.88. The summed E-state index contributed by atoms with van der Waals surface area (Å²) in [5.74, 6) is -0.0655. The highest BCUT2D eigenvalue weighted by Gasteiger charge is 2.46. The van der Waals surface area contributed by atoms with Gasteiger partial charge in [-0.05, 0) is 49.1 Å². The first-order chi connectivity index (χ1) is 15.9. The fraction of sp³-hybridized carbons (Fsp3) is 0.458. The molecule has 4 nitrogen and oxygen atoms in total. The van der Waals surface area contributed by atoms with E-state index in [9.17, 15) is 31.1 Å². The number of rotatable bonds is 5. The first-order valence-corrected chi connectivity index (χ1v) is 10.9. The summed E-state index contributed by atoms with van der Waals surface area (Å²) in [5.41, 5.74) is -2.83. The van der Waals surface area contributed by atoms with Crippen molar-refractivity contribution in [1.82, 2.24) is 10.6 Å². The third kappa shape index (κ3) is 5.07. The van der Waals surface area contributed by atoms with Crippen LogP contribution in [0.3, 0.4) is 0 Å². The van der Waals surface area contributed by atoms with Gasteiger partial charge in [0.05, 0.1) is 29.4 Å². The van der Waals surface area contributed by atoms with Gasteiger partial charge in [-0.3, -0.25) is 4.79 Å². The molecule has 2 aromatic carbocycles. The van der Waals surface area contributed by atoms with E-state index in [1.54, 1.807) is 0 Å². The molecule has 0 radical (unpaired) electrons. The van der Waals surface area contributed by atoms with Crippen LogP contribution < -0.4 is 10.6 Å². The van der Waals surface area contributed by atoms with Crippen LogP contribution in [0, 0.1) is 0 Å². The molecule has 34 heavy (non-hydrogen) atoms. The van der Waals surface area contributed by atoms with Crippen LogP contribution in [-0.2, 0) is 27.4 Å². The highest BCUT2D eigenvalue weighted by Crippen LogP contribution is 2.40. The first-order valence-electron chi connectivity index (χ1n) is 10.9. The van der Waals surface area contributed by atoms with Gasteiger partial charge in [0.1, 0.15) is 0 Å². The van der Waals surface area contributed by atoms with Crippen molar-refractivity contribution in [3.63, 3.8) is 0 Å². The highest BCUT2D eigenvalue weighted by molar-refractivity contribution is 5.79. The largest absolute Gasteiger partial charge is 0.416 e. The van der Waals surface area contributed by atoms with Gasteiger partial charge in [0.25, 0.3) is 0 Å². The third-order valence-corrected chi connectivity index (χ3v) is 6.57. The second-order valence-corrected chi connectivity index (χ2v) is 8.91. The fourth-order valence-corrected chi connectivity index (χ4v) is 4.72. The van der Waals surface area contributed by atoms with Crippen molar-refractivity contribution in [3.8, 4) is 0 Å². The number of alkyl halides is 6. The summed E-state index contributed by atoms with van der Waals surface area (Å²) in [6, 6.07) is 10.6. The van der Waals surface area contributed by atoms with Crippen molar-refractivity contribution in [3.05, 3.63) is 70.8 Å². The molecule has 0 aromatic heterocycles. The molecule has 1 amide bonds. The lowest BCUT2D eigenvalue weighted by Gasteiger charge is -2.44. The Bertz CT molecular complexity index is 1010. The second-order valence-electron chi connectivity index (χ2n) is 8.91. The average Bonchev–Trinajstić information content (AvgIpc) is 3.15. The summed E-state index contributed by atoms with van der Waals surface area (Å²) in [4.78, 5) is 11.9. The molecule has 4 unspecified atom stereocenters. The topological polar surface area (TPSA) is 50.4 Å². The minimum absolute atomic E-state index is 0.00713. The third-order valence-electron chi connectivity index (χ3n) is 6.57. The molecule has 0 spiro atoms. The molecule has 2 aromatic rings. The lowest BCUT2D eigenvalue weighted by atomic mass is 9.79. The molecule has 0 aliphatic carbocycles. The van der Waals surface area contributed by atoms with Crippen molar-refractivity contribution in [2.45, 2.75) is 62.3 Å². The van der Waals surface area contributed by atoms with E-state index in [0.717, 1.165) is 5.56 Å². The number of halogens is 6. The maximum Gasteiger partial charge on any atom is 0.416 e. The molecule has 2 heterocycles. The van der Waals surface area contributed by atoms with Crippen LogP contribution in [0.5, 0.6) is 0 Å². The van der Waals surface area contributed by atoms with E-state index in [0.29, 0.717) is 25.0 Å². The summed E-state index contributed by atoms with van der Waals surface area (Å²) in [6.07, 6.45) is -9.37. The number of nitrogens with one attached hydrogen (secondary N) is 2. The number of fused-ring (bicyclic) bond motifs is 1. The van der Waals surface area contributed by atoms with E-state index in [4.69, 9.17) is 4.74 Å². The Labute approximate surface area is 192 Å². The van der Waals surface area contributed by atoms with Crippen LogP contribution >= 0.6 is 0 Å². The van der Waals surface area contributed by atoms with Crippen LogP contribution in [0.4, 0.5) is 26.3 Å². The summed E-state index contributed by atoms with van der Waals surface area (Å²) in [7, 11) is 0. The number of hydrogen-bond donors (Lipinski definition) is 2. The van der Waals surface area contributed by atoms with E-state index >= 15 is 0 Å². The van der Waals surface area contributed by atoms with Crippen LogP contribution in [0.25, 0.3) is 0 Å². The number of ether oxygens (including phenoxy) is 1. The van der Waals surface area contributed by atoms with Gasteiger partial charge in [-0.2, -0.15) is 26.3 Å². The molecule has 10 heteroatoms. The number of benzene rings is 2. The van der Waals surface area contributed by atoms with Gasteiger partial charge >= 0.3 is 12.4 Å².